The van der Waals surface area contributed by atoms with Gasteiger partial charge in [0.05, 0.1) is 23.0 Å². The fourth-order valence-electron chi connectivity index (χ4n) is 4.46. The summed E-state index contributed by atoms with van der Waals surface area (Å²) in [6.45, 7) is 6.46. The van der Waals surface area contributed by atoms with Gasteiger partial charge in [0, 0.05) is 34.4 Å². The molecule has 1 aliphatic rings. The number of nitrogens with one attached hydrogen (secondary N) is 2. The summed E-state index contributed by atoms with van der Waals surface area (Å²) in [5.74, 6) is 2.04. The molecule has 1 atom stereocenters. The molecule has 1 aliphatic carbocycles. The molecule has 2 aromatic heterocycles. The molecule has 5 nitrogen and oxygen atoms in total. The third kappa shape index (κ3) is 4.90. The first-order chi connectivity index (χ1) is 16.5. The van der Waals surface area contributed by atoms with Crippen molar-refractivity contribution in [1.82, 2.24) is 15.0 Å². The number of anilines is 2. The van der Waals surface area contributed by atoms with Crippen LogP contribution in [0.3, 0.4) is 0 Å². The quantitative estimate of drug-likeness (QED) is 0.257. The molecule has 2 N–H and O–H groups in total. The molecular formula is C28H31ClN4O. The van der Waals surface area contributed by atoms with Gasteiger partial charge in [0.1, 0.15) is 5.75 Å². The van der Waals surface area contributed by atoms with E-state index >= 15 is 0 Å². The number of hydrogen-bond acceptors (Lipinski definition) is 4. The van der Waals surface area contributed by atoms with E-state index in [0.717, 1.165) is 47.2 Å². The second-order valence-corrected chi connectivity index (χ2v) is 9.68. The van der Waals surface area contributed by atoms with E-state index in [-0.39, 0.29) is 6.10 Å². The maximum absolute atomic E-state index is 6.54. The number of aryl methyl sites for hydroxylation is 1. The molecule has 0 amide bonds. The Morgan fingerprint density at radius 1 is 1.18 bits per heavy atom. The number of ether oxygens (including phenoxy) is 1. The Labute approximate surface area is 205 Å². The number of rotatable bonds is 9. The van der Waals surface area contributed by atoms with Gasteiger partial charge in [-0.3, -0.25) is 0 Å². The molecular weight excluding hydrogens is 444 g/mol. The van der Waals surface area contributed by atoms with Gasteiger partial charge in [0.15, 0.2) is 0 Å². The summed E-state index contributed by atoms with van der Waals surface area (Å²) < 4.78 is 6.35. The average Bonchev–Trinajstić information content (AvgIpc) is 3.60. The molecule has 1 fully saturated rings. The Morgan fingerprint density at radius 3 is 2.79 bits per heavy atom. The van der Waals surface area contributed by atoms with Crippen molar-refractivity contribution in [3.05, 3.63) is 64.9 Å². The standard InChI is InChI=1S/C28H31ClN4O/c1-4-6-21(5-2)34-22-13-19(18-8-9-18)12-20(14-22)32-28-31-16-25(29)27(33-28)24-15-30-26-11-17(3)7-10-23(24)26/h7,10-16,18,21,30H,4-6,8-9H2,1-3H3,(H,31,32,33). The van der Waals surface area contributed by atoms with Crippen molar-refractivity contribution in [1.29, 1.82) is 0 Å². The van der Waals surface area contributed by atoms with Crippen molar-refractivity contribution in [3.63, 3.8) is 0 Å². The van der Waals surface area contributed by atoms with Crippen LogP contribution in [0.25, 0.3) is 22.2 Å². The van der Waals surface area contributed by atoms with Crippen molar-refractivity contribution in [2.75, 3.05) is 5.32 Å². The normalized spacial score (nSPS) is 14.4. The van der Waals surface area contributed by atoms with Crippen LogP contribution in [0.2, 0.25) is 5.02 Å². The summed E-state index contributed by atoms with van der Waals surface area (Å²) in [6.07, 6.45) is 9.49. The van der Waals surface area contributed by atoms with Crippen LogP contribution in [0.1, 0.15) is 63.0 Å². The molecule has 34 heavy (non-hydrogen) atoms. The van der Waals surface area contributed by atoms with Gasteiger partial charge in [-0.1, -0.05) is 44.0 Å². The van der Waals surface area contributed by atoms with E-state index in [1.807, 2.05) is 6.20 Å². The minimum absolute atomic E-state index is 0.233. The molecule has 1 saturated carbocycles. The van der Waals surface area contributed by atoms with Gasteiger partial charge in [-0.05, 0) is 67.9 Å². The zero-order valence-corrected chi connectivity index (χ0v) is 20.7. The largest absolute Gasteiger partial charge is 0.490 e. The summed E-state index contributed by atoms with van der Waals surface area (Å²) in [5.41, 5.74) is 6.19. The predicted octanol–water partition coefficient (Wildman–Crippen LogP) is 8.17. The summed E-state index contributed by atoms with van der Waals surface area (Å²) >= 11 is 6.54. The SMILES string of the molecule is CCCC(CC)Oc1cc(Nc2ncc(Cl)c(-c3c[nH]c4cc(C)ccc34)n2)cc(C2CC2)c1. The fourth-order valence-corrected chi connectivity index (χ4v) is 4.65. The minimum Gasteiger partial charge on any atom is -0.490 e. The first-order valence-electron chi connectivity index (χ1n) is 12.2. The van der Waals surface area contributed by atoms with Crippen LogP contribution in [0, 0.1) is 6.92 Å². The molecule has 0 spiro atoms. The number of fused-ring (bicyclic) bond motifs is 1. The molecule has 176 valence electrons. The Morgan fingerprint density at radius 2 is 2.03 bits per heavy atom. The van der Waals surface area contributed by atoms with Crippen LogP contribution in [0.15, 0.2) is 48.8 Å². The Balaban J connectivity index is 1.46. The van der Waals surface area contributed by atoms with E-state index in [1.54, 1.807) is 6.20 Å². The zero-order chi connectivity index (χ0) is 23.7. The summed E-state index contributed by atoms with van der Waals surface area (Å²) in [5, 5.41) is 5.02. The lowest BCUT2D eigenvalue weighted by Gasteiger charge is -2.19. The first-order valence-corrected chi connectivity index (χ1v) is 12.6. The second kappa shape index (κ2) is 9.67. The lowest BCUT2D eigenvalue weighted by Crippen LogP contribution is -2.15. The van der Waals surface area contributed by atoms with E-state index in [9.17, 15) is 0 Å². The van der Waals surface area contributed by atoms with Gasteiger partial charge in [-0.15, -0.1) is 0 Å². The molecule has 4 aromatic rings. The third-order valence-corrected chi connectivity index (χ3v) is 6.72. The number of H-pyrrole nitrogens is 1. The highest BCUT2D eigenvalue weighted by atomic mass is 35.5. The highest BCUT2D eigenvalue weighted by Gasteiger charge is 2.25. The van der Waals surface area contributed by atoms with Crippen LogP contribution in [0.4, 0.5) is 11.6 Å². The van der Waals surface area contributed by atoms with Crippen molar-refractivity contribution < 1.29 is 4.74 Å². The van der Waals surface area contributed by atoms with Crippen LogP contribution in [0.5, 0.6) is 5.75 Å². The molecule has 1 unspecified atom stereocenters. The molecule has 0 radical (unpaired) electrons. The molecule has 2 aromatic carbocycles. The van der Waals surface area contributed by atoms with Gasteiger partial charge in [-0.2, -0.15) is 0 Å². The number of aromatic nitrogens is 3. The van der Waals surface area contributed by atoms with E-state index < -0.39 is 0 Å². The monoisotopic (exact) mass is 474 g/mol. The van der Waals surface area contributed by atoms with Gasteiger partial charge >= 0.3 is 0 Å². The van der Waals surface area contributed by atoms with Crippen LogP contribution >= 0.6 is 11.6 Å². The van der Waals surface area contributed by atoms with Crippen molar-refractivity contribution >= 4 is 34.1 Å². The molecule has 0 bridgehead atoms. The predicted molar refractivity (Wildman–Crippen MR) is 140 cm³/mol. The van der Waals surface area contributed by atoms with E-state index in [0.29, 0.717) is 22.6 Å². The molecule has 2 heterocycles. The average molecular weight is 475 g/mol. The fraction of sp³-hybridized carbons (Fsp3) is 0.357. The van der Waals surface area contributed by atoms with Gasteiger partial charge in [-0.25, -0.2) is 9.97 Å². The summed E-state index contributed by atoms with van der Waals surface area (Å²) in [4.78, 5) is 12.6. The summed E-state index contributed by atoms with van der Waals surface area (Å²) in [7, 11) is 0. The van der Waals surface area contributed by atoms with Gasteiger partial charge in [0.2, 0.25) is 5.95 Å². The third-order valence-electron chi connectivity index (χ3n) is 6.44. The number of benzene rings is 2. The van der Waals surface area contributed by atoms with E-state index in [2.05, 4.69) is 72.5 Å². The lowest BCUT2D eigenvalue weighted by molar-refractivity contribution is 0.185. The molecule has 0 saturated heterocycles. The molecule has 5 rings (SSSR count). The zero-order valence-electron chi connectivity index (χ0n) is 20.0. The summed E-state index contributed by atoms with van der Waals surface area (Å²) in [6, 6.07) is 12.8. The Hall–Kier alpha value is -3.05. The van der Waals surface area contributed by atoms with Crippen LogP contribution < -0.4 is 10.1 Å². The second-order valence-electron chi connectivity index (χ2n) is 9.27. The minimum atomic E-state index is 0.233. The maximum atomic E-state index is 6.54. The Kier molecular flexibility index (Phi) is 6.46. The smallest absolute Gasteiger partial charge is 0.227 e. The van der Waals surface area contributed by atoms with Gasteiger partial charge < -0.3 is 15.0 Å². The van der Waals surface area contributed by atoms with Gasteiger partial charge in [0.25, 0.3) is 0 Å². The van der Waals surface area contributed by atoms with E-state index in [4.69, 9.17) is 21.3 Å². The maximum Gasteiger partial charge on any atom is 0.227 e. The number of aromatic amines is 1. The highest BCUT2D eigenvalue weighted by Crippen LogP contribution is 2.43. The van der Waals surface area contributed by atoms with Crippen LogP contribution in [-0.2, 0) is 0 Å². The number of nitrogens with zero attached hydrogens (tertiary/aromatic N) is 2. The van der Waals surface area contributed by atoms with Crippen molar-refractivity contribution in [3.8, 4) is 17.0 Å². The van der Waals surface area contributed by atoms with Crippen LogP contribution in [-0.4, -0.2) is 21.1 Å². The number of halogens is 1. The van der Waals surface area contributed by atoms with E-state index in [1.165, 1.54) is 24.0 Å². The first kappa shape index (κ1) is 22.7. The topological polar surface area (TPSA) is 62.8 Å². The molecule has 6 heteroatoms. The highest BCUT2D eigenvalue weighted by molar-refractivity contribution is 6.33. The van der Waals surface area contributed by atoms with Crippen molar-refractivity contribution in [2.24, 2.45) is 0 Å². The van der Waals surface area contributed by atoms with Crippen molar-refractivity contribution in [2.45, 2.75) is 64.9 Å². The Bertz CT molecular complexity index is 1310. The number of hydrogen-bond donors (Lipinski definition) is 2. The lowest BCUT2D eigenvalue weighted by atomic mass is 10.1. The molecule has 0 aliphatic heterocycles.